The normalized spacial score (nSPS) is 9.21. The molecule has 0 saturated heterocycles. The van der Waals surface area contributed by atoms with Crippen LogP contribution < -0.4 is 5.32 Å². The largest absolute Gasteiger partial charge is 0.457 e. The minimum atomic E-state index is -0.488. The molecule has 1 aromatic rings. The Morgan fingerprint density at radius 2 is 2.00 bits per heavy atom. The molecule has 1 N–H and O–H groups in total. The molecule has 4 heteroatoms. The van der Waals surface area contributed by atoms with Crippen molar-refractivity contribution in [3.05, 3.63) is 48.0 Å². The van der Waals surface area contributed by atoms with Crippen LogP contribution in [0.5, 0.6) is 0 Å². The molecule has 0 saturated carbocycles. The average Bonchev–Trinajstić information content (AvgIpc) is 2.45. The molecule has 4 nitrogen and oxygen atoms in total. The SMILES string of the molecule is C#CCCNC(=O)C(=C)COC(=O)c1ccccc1. The number of carbonyl (C=O) groups is 2. The zero-order valence-electron chi connectivity index (χ0n) is 10.5. The Labute approximate surface area is 112 Å². The van der Waals surface area contributed by atoms with Gasteiger partial charge < -0.3 is 10.1 Å². The number of hydrogen-bond acceptors (Lipinski definition) is 3. The molecule has 1 rings (SSSR count). The van der Waals surface area contributed by atoms with Crippen LogP contribution in [0.1, 0.15) is 16.8 Å². The van der Waals surface area contributed by atoms with Crippen molar-refractivity contribution in [2.24, 2.45) is 0 Å². The molecule has 0 aromatic heterocycles. The molecule has 98 valence electrons. The van der Waals surface area contributed by atoms with E-state index in [0.717, 1.165) is 0 Å². The van der Waals surface area contributed by atoms with E-state index in [1.54, 1.807) is 30.3 Å². The van der Waals surface area contributed by atoms with Crippen LogP contribution in [0, 0.1) is 12.3 Å². The summed E-state index contributed by atoms with van der Waals surface area (Å²) in [7, 11) is 0. The van der Waals surface area contributed by atoms with Gasteiger partial charge in [-0.3, -0.25) is 4.79 Å². The van der Waals surface area contributed by atoms with Crippen LogP contribution in [0.2, 0.25) is 0 Å². The van der Waals surface area contributed by atoms with E-state index in [9.17, 15) is 9.59 Å². The van der Waals surface area contributed by atoms with Crippen molar-refractivity contribution < 1.29 is 14.3 Å². The van der Waals surface area contributed by atoms with E-state index < -0.39 is 5.97 Å². The van der Waals surface area contributed by atoms with Crippen LogP contribution in [0.15, 0.2) is 42.5 Å². The van der Waals surface area contributed by atoms with Gasteiger partial charge in [0.15, 0.2) is 0 Å². The standard InChI is InChI=1S/C15H15NO3/c1-3-4-10-16-14(17)12(2)11-19-15(18)13-8-6-5-7-9-13/h1,5-9H,2,4,10-11H2,(H,16,17). The average molecular weight is 257 g/mol. The van der Waals surface area contributed by atoms with Gasteiger partial charge in [0.05, 0.1) is 5.56 Å². The van der Waals surface area contributed by atoms with Gasteiger partial charge >= 0.3 is 5.97 Å². The molecular formula is C15H15NO3. The Morgan fingerprint density at radius 3 is 2.63 bits per heavy atom. The summed E-state index contributed by atoms with van der Waals surface area (Å²) in [5.41, 5.74) is 0.615. The lowest BCUT2D eigenvalue weighted by molar-refractivity contribution is -0.117. The van der Waals surface area contributed by atoms with Crippen molar-refractivity contribution in [2.45, 2.75) is 6.42 Å². The van der Waals surface area contributed by atoms with E-state index in [4.69, 9.17) is 11.2 Å². The molecule has 19 heavy (non-hydrogen) atoms. The smallest absolute Gasteiger partial charge is 0.338 e. The Kier molecular flexibility index (Phi) is 5.90. The summed E-state index contributed by atoms with van der Waals surface area (Å²) in [4.78, 5) is 23.1. The molecule has 0 atom stereocenters. The molecule has 0 aliphatic carbocycles. The van der Waals surface area contributed by atoms with Gasteiger partial charge in [-0.25, -0.2) is 4.79 Å². The minimum Gasteiger partial charge on any atom is -0.457 e. The quantitative estimate of drug-likeness (QED) is 0.364. The Morgan fingerprint density at radius 1 is 1.32 bits per heavy atom. The first kappa shape index (κ1) is 14.5. The highest BCUT2D eigenvalue weighted by atomic mass is 16.5. The monoisotopic (exact) mass is 257 g/mol. The van der Waals surface area contributed by atoms with Crippen molar-refractivity contribution in [2.75, 3.05) is 13.2 Å². The van der Waals surface area contributed by atoms with Crippen molar-refractivity contribution in [1.29, 1.82) is 0 Å². The number of hydrogen-bond donors (Lipinski definition) is 1. The minimum absolute atomic E-state index is 0.143. The Hall–Kier alpha value is -2.54. The molecule has 0 unspecified atom stereocenters. The second-order valence-electron chi connectivity index (χ2n) is 3.76. The second kappa shape index (κ2) is 7.72. The molecule has 1 aromatic carbocycles. The molecule has 0 aliphatic rings. The summed E-state index contributed by atoms with van der Waals surface area (Å²) in [5.74, 6) is 1.55. The van der Waals surface area contributed by atoms with E-state index in [1.165, 1.54) is 0 Å². The number of ether oxygens (including phenoxy) is 1. The van der Waals surface area contributed by atoms with Gasteiger partial charge in [-0.05, 0) is 12.1 Å². The molecule has 0 aliphatic heterocycles. The predicted molar refractivity (Wildman–Crippen MR) is 72.3 cm³/mol. The molecule has 0 fully saturated rings. The summed E-state index contributed by atoms with van der Waals surface area (Å²) < 4.78 is 4.98. The fraction of sp³-hybridized carbons (Fsp3) is 0.200. The zero-order chi connectivity index (χ0) is 14.1. The highest BCUT2D eigenvalue weighted by Gasteiger charge is 2.10. The van der Waals surface area contributed by atoms with Gasteiger partial charge in [-0.2, -0.15) is 0 Å². The highest BCUT2D eigenvalue weighted by Crippen LogP contribution is 2.02. The number of carbonyl (C=O) groups excluding carboxylic acids is 2. The highest BCUT2D eigenvalue weighted by molar-refractivity contribution is 5.94. The number of esters is 1. The maximum atomic E-state index is 11.6. The third-order valence-corrected chi connectivity index (χ3v) is 2.26. The van der Waals surface area contributed by atoms with Gasteiger partial charge in [0.25, 0.3) is 0 Å². The fourth-order valence-corrected chi connectivity index (χ4v) is 1.25. The molecule has 0 bridgehead atoms. The third-order valence-electron chi connectivity index (χ3n) is 2.26. The molecule has 0 spiro atoms. The van der Waals surface area contributed by atoms with Gasteiger partial charge in [0.2, 0.25) is 5.91 Å². The number of amides is 1. The zero-order valence-corrected chi connectivity index (χ0v) is 10.5. The van der Waals surface area contributed by atoms with Gasteiger partial charge in [-0.15, -0.1) is 12.3 Å². The van der Waals surface area contributed by atoms with Crippen molar-refractivity contribution in [1.82, 2.24) is 5.32 Å². The van der Waals surface area contributed by atoms with E-state index in [-0.39, 0.29) is 18.1 Å². The summed E-state index contributed by atoms with van der Waals surface area (Å²) >= 11 is 0. The number of terminal acetylenes is 1. The van der Waals surface area contributed by atoms with Crippen LogP contribution in [0.3, 0.4) is 0 Å². The summed E-state index contributed by atoms with van der Waals surface area (Å²) in [6, 6.07) is 8.54. The van der Waals surface area contributed by atoms with Crippen LogP contribution >= 0.6 is 0 Å². The Bertz CT molecular complexity index is 500. The third kappa shape index (κ3) is 5.09. The molecular weight excluding hydrogens is 242 g/mol. The number of rotatable bonds is 6. The van der Waals surface area contributed by atoms with E-state index in [2.05, 4.69) is 17.8 Å². The number of nitrogens with one attached hydrogen (secondary N) is 1. The first-order chi connectivity index (χ1) is 9.15. The van der Waals surface area contributed by atoms with Gasteiger partial charge in [0.1, 0.15) is 6.61 Å². The molecule has 0 heterocycles. The predicted octanol–water partition coefficient (Wildman–Crippen LogP) is 1.54. The first-order valence-electron chi connectivity index (χ1n) is 5.76. The number of benzene rings is 1. The van der Waals surface area contributed by atoms with E-state index in [0.29, 0.717) is 18.5 Å². The van der Waals surface area contributed by atoms with E-state index in [1.807, 2.05) is 0 Å². The lowest BCUT2D eigenvalue weighted by atomic mass is 10.2. The first-order valence-corrected chi connectivity index (χ1v) is 5.76. The Balaban J connectivity index is 2.36. The molecule has 0 radical (unpaired) electrons. The van der Waals surface area contributed by atoms with Crippen LogP contribution in [0.25, 0.3) is 0 Å². The summed E-state index contributed by atoms with van der Waals surface area (Å²) in [6.45, 7) is 3.79. The maximum absolute atomic E-state index is 11.6. The van der Waals surface area contributed by atoms with Crippen LogP contribution in [0.4, 0.5) is 0 Å². The van der Waals surface area contributed by atoms with Gasteiger partial charge in [0, 0.05) is 18.5 Å². The lowest BCUT2D eigenvalue weighted by Gasteiger charge is -2.07. The van der Waals surface area contributed by atoms with Crippen molar-refractivity contribution in [3.8, 4) is 12.3 Å². The van der Waals surface area contributed by atoms with Crippen LogP contribution in [-0.4, -0.2) is 25.0 Å². The van der Waals surface area contributed by atoms with Crippen molar-refractivity contribution in [3.63, 3.8) is 0 Å². The summed E-state index contributed by atoms with van der Waals surface area (Å²) in [6.07, 6.45) is 5.51. The fourth-order valence-electron chi connectivity index (χ4n) is 1.25. The summed E-state index contributed by atoms with van der Waals surface area (Å²) in [5, 5.41) is 2.57. The van der Waals surface area contributed by atoms with E-state index >= 15 is 0 Å². The maximum Gasteiger partial charge on any atom is 0.338 e. The molecule has 1 amide bonds. The topological polar surface area (TPSA) is 55.4 Å². The van der Waals surface area contributed by atoms with Crippen molar-refractivity contribution >= 4 is 11.9 Å². The lowest BCUT2D eigenvalue weighted by Crippen LogP contribution is -2.27. The van der Waals surface area contributed by atoms with Crippen LogP contribution in [-0.2, 0) is 9.53 Å². The second-order valence-corrected chi connectivity index (χ2v) is 3.76. The van der Waals surface area contributed by atoms with Gasteiger partial charge in [-0.1, -0.05) is 24.8 Å².